The van der Waals surface area contributed by atoms with Crippen LogP contribution in [0.5, 0.6) is 0 Å². The predicted octanol–water partition coefficient (Wildman–Crippen LogP) is 3.02. The number of carbonyl (C=O) groups is 1. The van der Waals surface area contributed by atoms with Crippen molar-refractivity contribution < 1.29 is 13.2 Å². The van der Waals surface area contributed by atoms with Crippen LogP contribution in [0, 0.1) is 0 Å². The Hall–Kier alpha value is -2.34. The van der Waals surface area contributed by atoms with Crippen LogP contribution in [0.1, 0.15) is 30.6 Å². The maximum absolute atomic E-state index is 12.2. The second-order valence-corrected chi connectivity index (χ2v) is 6.96. The molecule has 0 heterocycles. The summed E-state index contributed by atoms with van der Waals surface area (Å²) in [6.07, 6.45) is 0.848. The fourth-order valence-electron chi connectivity index (χ4n) is 1.91. The molecular formula is C17H20N2O3S. The molecule has 23 heavy (non-hydrogen) atoms. The molecule has 0 bridgehead atoms. The molecule has 0 aliphatic carbocycles. The lowest BCUT2D eigenvalue weighted by Crippen LogP contribution is -2.31. The van der Waals surface area contributed by atoms with Gasteiger partial charge in [-0.05, 0) is 49.7 Å². The summed E-state index contributed by atoms with van der Waals surface area (Å²) >= 11 is 0. The van der Waals surface area contributed by atoms with Crippen molar-refractivity contribution in [2.24, 2.45) is 0 Å². The number of carbonyl (C=O) groups excluding carboxylic acids is 1. The second kappa shape index (κ2) is 7.28. The molecule has 2 rings (SSSR count). The summed E-state index contributed by atoms with van der Waals surface area (Å²) in [5, 5.41) is 2.86. The third kappa shape index (κ3) is 4.56. The van der Waals surface area contributed by atoms with Crippen molar-refractivity contribution in [3.63, 3.8) is 0 Å². The molecule has 0 radical (unpaired) electrons. The highest BCUT2D eigenvalue weighted by molar-refractivity contribution is 7.92. The first-order valence-corrected chi connectivity index (χ1v) is 8.89. The topological polar surface area (TPSA) is 75.3 Å². The highest BCUT2D eigenvalue weighted by Crippen LogP contribution is 2.16. The van der Waals surface area contributed by atoms with E-state index in [4.69, 9.17) is 0 Å². The summed E-state index contributed by atoms with van der Waals surface area (Å²) in [4.78, 5) is 12.2. The number of anilines is 1. The van der Waals surface area contributed by atoms with Crippen LogP contribution in [0.3, 0.4) is 0 Å². The van der Waals surface area contributed by atoms with E-state index in [9.17, 15) is 13.2 Å². The summed E-state index contributed by atoms with van der Waals surface area (Å²) in [5.41, 5.74) is 0.905. The molecule has 0 saturated carbocycles. The van der Waals surface area contributed by atoms with E-state index in [2.05, 4.69) is 10.0 Å². The van der Waals surface area contributed by atoms with Crippen LogP contribution in [0.25, 0.3) is 0 Å². The second-order valence-electron chi connectivity index (χ2n) is 5.28. The summed E-state index contributed by atoms with van der Waals surface area (Å²) in [5.74, 6) is -0.170. The van der Waals surface area contributed by atoms with Gasteiger partial charge in [-0.1, -0.05) is 25.1 Å². The Morgan fingerprint density at radius 1 is 1.04 bits per heavy atom. The van der Waals surface area contributed by atoms with Gasteiger partial charge in [-0.25, -0.2) is 8.42 Å². The summed E-state index contributed by atoms with van der Waals surface area (Å²) in [7, 11) is -3.62. The quantitative estimate of drug-likeness (QED) is 0.854. The fraction of sp³-hybridized carbons (Fsp3) is 0.235. The molecule has 5 nitrogen and oxygen atoms in total. The molecule has 1 atom stereocenters. The van der Waals surface area contributed by atoms with Crippen LogP contribution < -0.4 is 10.0 Å². The van der Waals surface area contributed by atoms with Gasteiger partial charge in [0.25, 0.3) is 15.9 Å². The van der Waals surface area contributed by atoms with E-state index in [1.165, 1.54) is 12.1 Å². The Morgan fingerprint density at radius 2 is 1.65 bits per heavy atom. The van der Waals surface area contributed by atoms with Crippen molar-refractivity contribution in [1.82, 2.24) is 5.32 Å². The number of amides is 1. The lowest BCUT2D eigenvalue weighted by Gasteiger charge is -2.12. The zero-order valence-electron chi connectivity index (χ0n) is 13.1. The molecule has 2 N–H and O–H groups in total. The molecule has 0 fully saturated rings. The lowest BCUT2D eigenvalue weighted by molar-refractivity contribution is 0.0939. The van der Waals surface area contributed by atoms with Gasteiger partial charge in [0, 0.05) is 17.3 Å². The molecule has 0 unspecified atom stereocenters. The maximum Gasteiger partial charge on any atom is 0.261 e. The number of rotatable bonds is 6. The Labute approximate surface area is 136 Å². The van der Waals surface area contributed by atoms with Gasteiger partial charge in [-0.3, -0.25) is 9.52 Å². The predicted molar refractivity (Wildman–Crippen MR) is 90.9 cm³/mol. The molecule has 122 valence electrons. The van der Waals surface area contributed by atoms with Crippen molar-refractivity contribution in [3.05, 3.63) is 60.2 Å². The van der Waals surface area contributed by atoms with Crippen molar-refractivity contribution >= 4 is 21.6 Å². The lowest BCUT2D eigenvalue weighted by atomic mass is 10.1. The van der Waals surface area contributed by atoms with Gasteiger partial charge in [0.1, 0.15) is 0 Å². The molecular weight excluding hydrogens is 312 g/mol. The number of hydrogen-bond acceptors (Lipinski definition) is 3. The van der Waals surface area contributed by atoms with E-state index < -0.39 is 10.0 Å². The monoisotopic (exact) mass is 332 g/mol. The summed E-state index contributed by atoms with van der Waals surface area (Å²) in [6, 6.07) is 14.6. The first-order valence-electron chi connectivity index (χ1n) is 7.41. The Balaban J connectivity index is 2.10. The van der Waals surface area contributed by atoms with E-state index in [0.29, 0.717) is 11.3 Å². The van der Waals surface area contributed by atoms with Crippen LogP contribution in [0.15, 0.2) is 59.5 Å². The standard InChI is InChI=1S/C17H20N2O3S/c1-3-13(2)18-17(20)14-9-11-15(12-10-14)19-23(21,22)16-7-5-4-6-8-16/h4-13,19H,3H2,1-2H3,(H,18,20)/t13-/m0/s1. The Bertz CT molecular complexity index is 756. The van der Waals surface area contributed by atoms with E-state index in [1.54, 1.807) is 42.5 Å². The van der Waals surface area contributed by atoms with Gasteiger partial charge in [0.05, 0.1) is 4.90 Å². The van der Waals surface area contributed by atoms with E-state index >= 15 is 0 Å². The number of hydrogen-bond donors (Lipinski definition) is 2. The van der Waals surface area contributed by atoms with Gasteiger partial charge in [0.2, 0.25) is 0 Å². The minimum atomic E-state index is -3.62. The Kier molecular flexibility index (Phi) is 5.39. The van der Waals surface area contributed by atoms with Crippen molar-refractivity contribution in [2.75, 3.05) is 4.72 Å². The highest BCUT2D eigenvalue weighted by Gasteiger charge is 2.14. The third-order valence-electron chi connectivity index (χ3n) is 3.44. The van der Waals surface area contributed by atoms with Gasteiger partial charge >= 0.3 is 0 Å². The first kappa shape index (κ1) is 17.0. The van der Waals surface area contributed by atoms with Crippen LogP contribution in [0.4, 0.5) is 5.69 Å². The number of sulfonamides is 1. The molecule has 0 aromatic heterocycles. The van der Waals surface area contributed by atoms with Gasteiger partial charge in [-0.15, -0.1) is 0 Å². The minimum absolute atomic E-state index is 0.0961. The molecule has 2 aromatic carbocycles. The molecule has 1 amide bonds. The third-order valence-corrected chi connectivity index (χ3v) is 4.84. The first-order chi connectivity index (χ1) is 10.9. The van der Waals surface area contributed by atoms with Gasteiger partial charge in [0.15, 0.2) is 0 Å². The normalized spacial score (nSPS) is 12.4. The van der Waals surface area contributed by atoms with E-state index in [0.717, 1.165) is 6.42 Å². The molecule has 0 aliphatic heterocycles. The average Bonchev–Trinajstić information content (AvgIpc) is 2.55. The largest absolute Gasteiger partial charge is 0.350 e. The van der Waals surface area contributed by atoms with E-state index in [-0.39, 0.29) is 16.8 Å². The zero-order chi connectivity index (χ0) is 16.9. The average molecular weight is 332 g/mol. The Morgan fingerprint density at radius 3 is 2.22 bits per heavy atom. The van der Waals surface area contributed by atoms with Crippen LogP contribution >= 0.6 is 0 Å². The smallest absolute Gasteiger partial charge is 0.261 e. The van der Waals surface area contributed by atoms with Crippen molar-refractivity contribution in [2.45, 2.75) is 31.2 Å². The summed E-state index contributed by atoms with van der Waals surface area (Å²) < 4.78 is 26.9. The molecule has 0 spiro atoms. The van der Waals surface area contributed by atoms with Crippen molar-refractivity contribution in [1.29, 1.82) is 0 Å². The van der Waals surface area contributed by atoms with Gasteiger partial charge < -0.3 is 5.32 Å². The molecule has 2 aromatic rings. The molecule has 0 saturated heterocycles. The van der Waals surface area contributed by atoms with E-state index in [1.807, 2.05) is 13.8 Å². The van der Waals surface area contributed by atoms with Crippen LogP contribution in [-0.2, 0) is 10.0 Å². The molecule has 0 aliphatic rings. The SMILES string of the molecule is CC[C@H](C)NC(=O)c1ccc(NS(=O)(=O)c2ccccc2)cc1. The zero-order valence-corrected chi connectivity index (χ0v) is 13.9. The summed E-state index contributed by atoms with van der Waals surface area (Å²) in [6.45, 7) is 3.92. The maximum atomic E-state index is 12.2. The van der Waals surface area contributed by atoms with Crippen LogP contribution in [-0.4, -0.2) is 20.4 Å². The van der Waals surface area contributed by atoms with Gasteiger partial charge in [-0.2, -0.15) is 0 Å². The number of benzene rings is 2. The molecule has 6 heteroatoms. The number of nitrogens with one attached hydrogen (secondary N) is 2. The van der Waals surface area contributed by atoms with Crippen LogP contribution in [0.2, 0.25) is 0 Å². The highest BCUT2D eigenvalue weighted by atomic mass is 32.2. The van der Waals surface area contributed by atoms with Crippen molar-refractivity contribution in [3.8, 4) is 0 Å². The fourth-order valence-corrected chi connectivity index (χ4v) is 2.99. The minimum Gasteiger partial charge on any atom is -0.350 e.